The first kappa shape index (κ1) is 23.8. The number of aliphatic hydroxyl groups is 3. The minimum Gasteiger partial charge on any atom is -0.469 e. The molecule has 1 aliphatic carbocycles. The highest BCUT2D eigenvalue weighted by molar-refractivity contribution is 5.69. The van der Waals surface area contributed by atoms with Crippen molar-refractivity contribution in [3.05, 3.63) is 24.3 Å². The number of ether oxygens (including phenoxy) is 1. The number of nitrogens with two attached hydrogens (primary N) is 1. The van der Waals surface area contributed by atoms with Crippen molar-refractivity contribution in [2.45, 2.75) is 82.6 Å². The summed E-state index contributed by atoms with van der Waals surface area (Å²) in [4.78, 5) is 11.1. The Morgan fingerprint density at radius 1 is 1.26 bits per heavy atom. The SMILES string of the molecule is CCCC[C@H](N)[C@H](O)/C=C/[C@@H]1[C@@H](C/C=C\CCCC(=O)OC)[C@@H](O)C[C@H]1O. The van der Waals surface area contributed by atoms with Crippen molar-refractivity contribution in [1.82, 2.24) is 0 Å². The Hall–Kier alpha value is -1.21. The minimum absolute atomic E-state index is 0.0906. The van der Waals surface area contributed by atoms with Gasteiger partial charge in [-0.1, -0.05) is 44.1 Å². The van der Waals surface area contributed by atoms with Crippen LogP contribution in [0.3, 0.4) is 0 Å². The van der Waals surface area contributed by atoms with Crippen molar-refractivity contribution in [3.63, 3.8) is 0 Å². The van der Waals surface area contributed by atoms with Gasteiger partial charge < -0.3 is 25.8 Å². The van der Waals surface area contributed by atoms with E-state index in [0.29, 0.717) is 19.3 Å². The van der Waals surface area contributed by atoms with E-state index in [1.807, 2.05) is 18.2 Å². The Labute approximate surface area is 163 Å². The van der Waals surface area contributed by atoms with Crippen molar-refractivity contribution in [3.8, 4) is 0 Å². The summed E-state index contributed by atoms with van der Waals surface area (Å²) in [7, 11) is 1.38. The molecule has 0 aromatic rings. The lowest BCUT2D eigenvalue weighted by molar-refractivity contribution is -0.140. The van der Waals surface area contributed by atoms with Crippen LogP contribution < -0.4 is 5.73 Å². The van der Waals surface area contributed by atoms with Crippen LogP contribution in [-0.2, 0) is 9.53 Å². The van der Waals surface area contributed by atoms with E-state index in [-0.39, 0.29) is 23.8 Å². The average molecular weight is 384 g/mol. The monoisotopic (exact) mass is 383 g/mol. The van der Waals surface area contributed by atoms with Crippen LogP contribution >= 0.6 is 0 Å². The van der Waals surface area contributed by atoms with Crippen LogP contribution in [0, 0.1) is 11.8 Å². The van der Waals surface area contributed by atoms with Crippen LogP contribution in [0.5, 0.6) is 0 Å². The normalized spacial score (nSPS) is 28.1. The van der Waals surface area contributed by atoms with Crippen LogP contribution in [-0.4, -0.2) is 52.8 Å². The summed E-state index contributed by atoms with van der Waals surface area (Å²) in [6.45, 7) is 2.08. The van der Waals surface area contributed by atoms with Gasteiger partial charge in [-0.25, -0.2) is 0 Å². The number of aliphatic hydroxyl groups excluding tert-OH is 3. The number of hydrogen-bond donors (Lipinski definition) is 4. The number of carbonyl (C=O) groups is 1. The molecule has 0 aliphatic heterocycles. The van der Waals surface area contributed by atoms with Gasteiger partial charge in [0.15, 0.2) is 0 Å². The molecule has 1 saturated carbocycles. The molecule has 0 amide bonds. The summed E-state index contributed by atoms with van der Waals surface area (Å²) in [6.07, 6.45) is 11.2. The Morgan fingerprint density at radius 3 is 2.67 bits per heavy atom. The number of carbonyl (C=O) groups excluding carboxylic acids is 1. The molecule has 6 atom stereocenters. The molecule has 0 bridgehead atoms. The van der Waals surface area contributed by atoms with E-state index in [4.69, 9.17) is 5.73 Å². The zero-order valence-corrected chi connectivity index (χ0v) is 16.7. The maximum Gasteiger partial charge on any atom is 0.305 e. The second-order valence-corrected chi connectivity index (χ2v) is 7.47. The van der Waals surface area contributed by atoms with E-state index < -0.39 is 18.3 Å². The number of rotatable bonds is 12. The molecule has 0 aromatic carbocycles. The summed E-state index contributed by atoms with van der Waals surface area (Å²) in [5.41, 5.74) is 5.99. The number of allylic oxidation sites excluding steroid dienone is 2. The summed E-state index contributed by atoms with van der Waals surface area (Å²) in [5.74, 6) is -0.501. The largest absolute Gasteiger partial charge is 0.469 e. The van der Waals surface area contributed by atoms with Gasteiger partial charge in [0, 0.05) is 24.8 Å². The van der Waals surface area contributed by atoms with Crippen molar-refractivity contribution in [2.75, 3.05) is 7.11 Å². The number of esters is 1. The van der Waals surface area contributed by atoms with Crippen molar-refractivity contribution in [2.24, 2.45) is 17.6 Å². The predicted octanol–water partition coefficient (Wildman–Crippen LogP) is 2.07. The standard InChI is InChI=1S/C21H37NO5/c1-3-4-10-17(22)18(23)13-12-16-15(19(24)14-20(16)25)9-7-5-6-8-11-21(26)27-2/h5,7,12-13,15-20,23-25H,3-4,6,8-11,14,22H2,1-2H3/b7-5-,13-12+/t15-,16-,17+,18-,19+,20-/m1/s1. The van der Waals surface area contributed by atoms with Crippen molar-refractivity contribution >= 4 is 5.97 Å². The maximum atomic E-state index is 11.1. The van der Waals surface area contributed by atoms with Crippen LogP contribution in [0.1, 0.15) is 58.3 Å². The molecule has 0 unspecified atom stereocenters. The molecule has 27 heavy (non-hydrogen) atoms. The molecule has 5 N–H and O–H groups in total. The molecular formula is C21H37NO5. The minimum atomic E-state index is -0.740. The molecule has 0 aromatic heterocycles. The maximum absolute atomic E-state index is 11.1. The van der Waals surface area contributed by atoms with Gasteiger partial charge in [-0.05, 0) is 31.6 Å². The van der Waals surface area contributed by atoms with Crippen molar-refractivity contribution < 1.29 is 24.9 Å². The van der Waals surface area contributed by atoms with E-state index in [1.54, 1.807) is 6.08 Å². The fourth-order valence-corrected chi connectivity index (χ4v) is 3.54. The molecule has 6 heteroatoms. The summed E-state index contributed by atoms with van der Waals surface area (Å²) >= 11 is 0. The van der Waals surface area contributed by atoms with E-state index >= 15 is 0 Å². The first-order valence-corrected chi connectivity index (χ1v) is 10.1. The predicted molar refractivity (Wildman–Crippen MR) is 106 cm³/mol. The first-order chi connectivity index (χ1) is 12.9. The highest BCUT2D eigenvalue weighted by Crippen LogP contribution is 2.36. The zero-order valence-electron chi connectivity index (χ0n) is 16.7. The Bertz CT molecular complexity index is 479. The highest BCUT2D eigenvalue weighted by Gasteiger charge is 2.39. The van der Waals surface area contributed by atoms with Gasteiger partial charge in [-0.15, -0.1) is 0 Å². The lowest BCUT2D eigenvalue weighted by atomic mass is 9.89. The number of hydrogen-bond acceptors (Lipinski definition) is 6. The molecule has 0 spiro atoms. The Balaban J connectivity index is 2.51. The molecule has 1 rings (SSSR count). The van der Waals surface area contributed by atoms with Gasteiger partial charge >= 0.3 is 5.97 Å². The van der Waals surface area contributed by atoms with Crippen LogP contribution in [0.4, 0.5) is 0 Å². The average Bonchev–Trinajstić information content (AvgIpc) is 2.92. The third kappa shape index (κ3) is 8.56. The second-order valence-electron chi connectivity index (χ2n) is 7.47. The molecule has 1 aliphatic rings. The fourth-order valence-electron chi connectivity index (χ4n) is 3.54. The molecule has 6 nitrogen and oxygen atoms in total. The molecular weight excluding hydrogens is 346 g/mol. The first-order valence-electron chi connectivity index (χ1n) is 10.1. The lowest BCUT2D eigenvalue weighted by Crippen LogP contribution is -2.33. The summed E-state index contributed by atoms with van der Waals surface area (Å²) in [5, 5.41) is 30.7. The third-order valence-electron chi connectivity index (χ3n) is 5.33. The molecule has 0 radical (unpaired) electrons. The summed E-state index contributed by atoms with van der Waals surface area (Å²) in [6, 6.07) is -0.308. The molecule has 0 saturated heterocycles. The number of unbranched alkanes of at least 4 members (excludes halogenated alkanes) is 2. The van der Waals surface area contributed by atoms with Gasteiger partial charge in [0.2, 0.25) is 0 Å². The third-order valence-corrected chi connectivity index (χ3v) is 5.33. The molecule has 1 fully saturated rings. The van der Waals surface area contributed by atoms with E-state index in [1.165, 1.54) is 7.11 Å². The topological polar surface area (TPSA) is 113 Å². The van der Waals surface area contributed by atoms with E-state index in [2.05, 4.69) is 11.7 Å². The van der Waals surface area contributed by atoms with Crippen molar-refractivity contribution in [1.29, 1.82) is 0 Å². The van der Waals surface area contributed by atoms with Crippen LogP contribution in [0.2, 0.25) is 0 Å². The lowest BCUT2D eigenvalue weighted by Gasteiger charge is -2.21. The molecule has 156 valence electrons. The second kappa shape index (κ2) is 13.0. The van der Waals surface area contributed by atoms with Gasteiger partial charge in [0.05, 0.1) is 25.4 Å². The highest BCUT2D eigenvalue weighted by atomic mass is 16.5. The van der Waals surface area contributed by atoms with E-state index in [9.17, 15) is 20.1 Å². The zero-order chi connectivity index (χ0) is 20.2. The number of methoxy groups -OCH3 is 1. The fraction of sp³-hybridized carbons (Fsp3) is 0.762. The van der Waals surface area contributed by atoms with E-state index in [0.717, 1.165) is 32.1 Å². The smallest absolute Gasteiger partial charge is 0.305 e. The van der Waals surface area contributed by atoms with Gasteiger partial charge in [0.1, 0.15) is 0 Å². The molecule has 0 heterocycles. The van der Waals surface area contributed by atoms with Gasteiger partial charge in [-0.2, -0.15) is 0 Å². The van der Waals surface area contributed by atoms with Crippen LogP contribution in [0.15, 0.2) is 24.3 Å². The quantitative estimate of drug-likeness (QED) is 0.233. The Kier molecular flexibility index (Phi) is 11.5. The van der Waals surface area contributed by atoms with Crippen LogP contribution in [0.25, 0.3) is 0 Å². The van der Waals surface area contributed by atoms with Gasteiger partial charge in [-0.3, -0.25) is 4.79 Å². The summed E-state index contributed by atoms with van der Waals surface area (Å²) < 4.78 is 4.60. The Morgan fingerprint density at radius 2 is 2.00 bits per heavy atom. The van der Waals surface area contributed by atoms with Gasteiger partial charge in [0.25, 0.3) is 0 Å².